The predicted molar refractivity (Wildman–Crippen MR) is 100 cm³/mol. The van der Waals surface area contributed by atoms with Gasteiger partial charge in [0.1, 0.15) is 29.4 Å². The topological polar surface area (TPSA) is 121 Å². The largest absolute Gasteiger partial charge is 0.465 e. The molecular weight excluding hydrogens is 384 g/mol. The highest BCUT2D eigenvalue weighted by molar-refractivity contribution is 5.92. The quantitative estimate of drug-likeness (QED) is 0.406. The fourth-order valence-corrected chi connectivity index (χ4v) is 3.02. The van der Waals surface area contributed by atoms with Gasteiger partial charge in [-0.25, -0.2) is 9.59 Å². The Morgan fingerprint density at radius 3 is 2.59 bits per heavy atom. The second-order valence-electron chi connectivity index (χ2n) is 6.31. The minimum absolute atomic E-state index is 0.0465. The molecule has 3 rings (SSSR count). The van der Waals surface area contributed by atoms with E-state index < -0.39 is 16.9 Å². The first-order valence-electron chi connectivity index (χ1n) is 8.86. The minimum atomic E-state index is -0.740. The molecule has 2 aromatic rings. The van der Waals surface area contributed by atoms with Crippen LogP contribution in [0.15, 0.2) is 28.7 Å². The van der Waals surface area contributed by atoms with Crippen LogP contribution in [0.5, 0.6) is 0 Å². The molecule has 0 aliphatic carbocycles. The van der Waals surface area contributed by atoms with Gasteiger partial charge < -0.3 is 23.5 Å². The SMILES string of the molecule is COC(=O)c1cc(COC(=O)c2ccc(N3CCOCC3)c([N+](=O)[O-])c2)oc1C. The Morgan fingerprint density at radius 1 is 1.21 bits per heavy atom. The summed E-state index contributed by atoms with van der Waals surface area (Å²) in [5.41, 5.74) is 0.539. The maximum atomic E-state index is 12.4. The Kier molecular flexibility index (Phi) is 6.13. The molecule has 1 fully saturated rings. The molecule has 0 unspecified atom stereocenters. The molecule has 1 aromatic carbocycles. The summed E-state index contributed by atoms with van der Waals surface area (Å²) < 4.78 is 20.5. The van der Waals surface area contributed by atoms with Gasteiger partial charge >= 0.3 is 11.9 Å². The standard InChI is InChI=1S/C19H20N2O8/c1-12-15(19(23)26-2)10-14(29-12)11-28-18(22)13-3-4-16(17(9-13)21(24)25)20-5-7-27-8-6-20/h3-4,9-10H,5-8,11H2,1-2H3. The van der Waals surface area contributed by atoms with E-state index in [9.17, 15) is 19.7 Å². The van der Waals surface area contributed by atoms with Crippen molar-refractivity contribution in [1.82, 2.24) is 0 Å². The molecule has 0 bridgehead atoms. The van der Waals surface area contributed by atoms with Crippen LogP contribution in [0, 0.1) is 17.0 Å². The molecular formula is C19H20N2O8. The number of furan rings is 1. The number of carbonyl (C=O) groups is 2. The molecule has 10 nitrogen and oxygen atoms in total. The highest BCUT2D eigenvalue weighted by Gasteiger charge is 2.24. The van der Waals surface area contributed by atoms with Crippen molar-refractivity contribution in [2.45, 2.75) is 13.5 Å². The zero-order chi connectivity index (χ0) is 21.0. The summed E-state index contributed by atoms with van der Waals surface area (Å²) in [6.45, 7) is 3.39. The predicted octanol–water partition coefficient (Wildman–Crippen LogP) is 2.48. The van der Waals surface area contributed by atoms with Gasteiger partial charge in [-0.2, -0.15) is 0 Å². The molecule has 0 amide bonds. The monoisotopic (exact) mass is 404 g/mol. The summed E-state index contributed by atoms with van der Waals surface area (Å²) in [6, 6.07) is 5.64. The van der Waals surface area contributed by atoms with Gasteiger partial charge in [0.05, 0.1) is 30.8 Å². The molecule has 29 heavy (non-hydrogen) atoms. The number of hydrogen-bond acceptors (Lipinski definition) is 9. The number of nitro groups is 1. The number of nitrogens with zero attached hydrogens (tertiary/aromatic N) is 2. The third kappa shape index (κ3) is 4.54. The minimum Gasteiger partial charge on any atom is -0.465 e. The maximum Gasteiger partial charge on any atom is 0.341 e. The van der Waals surface area contributed by atoms with E-state index >= 15 is 0 Å². The molecule has 0 radical (unpaired) electrons. The lowest BCUT2D eigenvalue weighted by Gasteiger charge is -2.28. The lowest BCUT2D eigenvalue weighted by Crippen LogP contribution is -2.36. The number of nitro benzene ring substituents is 1. The van der Waals surface area contributed by atoms with Crippen LogP contribution in [0.3, 0.4) is 0 Å². The Hall–Kier alpha value is -3.40. The lowest BCUT2D eigenvalue weighted by molar-refractivity contribution is -0.384. The van der Waals surface area contributed by atoms with Crippen LogP contribution < -0.4 is 4.90 Å². The number of anilines is 1. The van der Waals surface area contributed by atoms with E-state index in [0.717, 1.165) is 0 Å². The van der Waals surface area contributed by atoms with Gasteiger partial charge in [-0.15, -0.1) is 0 Å². The average molecular weight is 404 g/mol. The molecule has 154 valence electrons. The molecule has 0 atom stereocenters. The van der Waals surface area contributed by atoms with E-state index in [1.54, 1.807) is 6.92 Å². The van der Waals surface area contributed by atoms with Crippen LogP contribution in [0.25, 0.3) is 0 Å². The number of esters is 2. The molecule has 1 saturated heterocycles. The first-order chi connectivity index (χ1) is 13.9. The van der Waals surface area contributed by atoms with Gasteiger partial charge in [0.15, 0.2) is 0 Å². The van der Waals surface area contributed by atoms with E-state index in [1.807, 2.05) is 4.90 Å². The zero-order valence-electron chi connectivity index (χ0n) is 16.0. The summed E-state index contributed by atoms with van der Waals surface area (Å²) >= 11 is 0. The number of hydrogen-bond donors (Lipinski definition) is 0. The van der Waals surface area contributed by atoms with Gasteiger partial charge in [-0.05, 0) is 25.1 Å². The number of carbonyl (C=O) groups excluding carboxylic acids is 2. The van der Waals surface area contributed by atoms with Crippen molar-refractivity contribution in [2.24, 2.45) is 0 Å². The Labute approximate surface area is 166 Å². The number of ether oxygens (including phenoxy) is 3. The van der Waals surface area contributed by atoms with Gasteiger partial charge in [-0.3, -0.25) is 10.1 Å². The van der Waals surface area contributed by atoms with Crippen molar-refractivity contribution in [3.05, 3.63) is 57.0 Å². The normalized spacial score (nSPS) is 13.8. The molecule has 2 heterocycles. The van der Waals surface area contributed by atoms with E-state index in [0.29, 0.717) is 37.8 Å². The second-order valence-corrected chi connectivity index (χ2v) is 6.31. The number of aryl methyl sites for hydroxylation is 1. The molecule has 1 aromatic heterocycles. The van der Waals surface area contributed by atoms with E-state index in [1.165, 1.54) is 31.4 Å². The van der Waals surface area contributed by atoms with Crippen LogP contribution in [0.1, 0.15) is 32.2 Å². The van der Waals surface area contributed by atoms with Gasteiger partial charge in [-0.1, -0.05) is 0 Å². The van der Waals surface area contributed by atoms with Gasteiger partial charge in [0, 0.05) is 19.2 Å². The van der Waals surface area contributed by atoms with Crippen LogP contribution >= 0.6 is 0 Å². The van der Waals surface area contributed by atoms with Crippen LogP contribution in [-0.4, -0.2) is 50.3 Å². The summed E-state index contributed by atoms with van der Waals surface area (Å²) in [5.74, 6) is -0.697. The van der Waals surface area contributed by atoms with E-state index in [2.05, 4.69) is 4.74 Å². The number of benzene rings is 1. The summed E-state index contributed by atoms with van der Waals surface area (Å²) in [6.07, 6.45) is 0. The van der Waals surface area contributed by atoms with Crippen LogP contribution in [0.4, 0.5) is 11.4 Å². The van der Waals surface area contributed by atoms with Crippen molar-refractivity contribution in [3.63, 3.8) is 0 Å². The molecule has 1 aliphatic heterocycles. The first kappa shape index (κ1) is 20.3. The Bertz CT molecular complexity index is 930. The lowest BCUT2D eigenvalue weighted by atomic mass is 10.1. The van der Waals surface area contributed by atoms with Crippen molar-refractivity contribution in [3.8, 4) is 0 Å². The third-order valence-corrected chi connectivity index (χ3v) is 4.48. The van der Waals surface area contributed by atoms with Crippen LogP contribution in [-0.2, 0) is 20.8 Å². The third-order valence-electron chi connectivity index (χ3n) is 4.48. The smallest absolute Gasteiger partial charge is 0.341 e. The maximum absolute atomic E-state index is 12.4. The van der Waals surface area contributed by atoms with Gasteiger partial charge in [0.2, 0.25) is 0 Å². The van der Waals surface area contributed by atoms with Crippen molar-refractivity contribution >= 4 is 23.3 Å². The van der Waals surface area contributed by atoms with Crippen molar-refractivity contribution in [1.29, 1.82) is 0 Å². The van der Waals surface area contributed by atoms with Gasteiger partial charge in [0.25, 0.3) is 5.69 Å². The summed E-state index contributed by atoms with van der Waals surface area (Å²) in [5, 5.41) is 11.5. The van der Waals surface area contributed by atoms with Crippen LogP contribution in [0.2, 0.25) is 0 Å². The summed E-state index contributed by atoms with van der Waals surface area (Å²) in [7, 11) is 1.25. The highest BCUT2D eigenvalue weighted by Crippen LogP contribution is 2.30. The Morgan fingerprint density at radius 2 is 1.93 bits per heavy atom. The molecule has 1 aliphatic rings. The number of morpholine rings is 1. The molecule has 0 spiro atoms. The zero-order valence-corrected chi connectivity index (χ0v) is 16.0. The average Bonchev–Trinajstić information content (AvgIpc) is 3.12. The molecule has 10 heteroatoms. The van der Waals surface area contributed by atoms with Crippen molar-refractivity contribution in [2.75, 3.05) is 38.3 Å². The fraction of sp³-hybridized carbons (Fsp3) is 0.368. The molecule has 0 N–H and O–H groups in total. The summed E-state index contributed by atoms with van der Waals surface area (Å²) in [4.78, 5) is 36.8. The first-order valence-corrected chi connectivity index (χ1v) is 8.86. The number of methoxy groups -OCH3 is 1. The fourth-order valence-electron chi connectivity index (χ4n) is 3.02. The Balaban J connectivity index is 1.73. The molecule has 0 saturated carbocycles. The van der Waals surface area contributed by atoms with E-state index in [4.69, 9.17) is 13.9 Å². The van der Waals surface area contributed by atoms with Crippen molar-refractivity contribution < 1.29 is 33.1 Å². The second kappa shape index (κ2) is 8.74. The number of rotatable bonds is 6. The highest BCUT2D eigenvalue weighted by atomic mass is 16.6. The van der Waals surface area contributed by atoms with E-state index in [-0.39, 0.29) is 29.2 Å².